The molecule has 74 valence electrons. The molecule has 0 aliphatic heterocycles. The van der Waals surface area contributed by atoms with Gasteiger partial charge >= 0.3 is 0 Å². The van der Waals surface area contributed by atoms with Gasteiger partial charge < -0.3 is 20.7 Å². The van der Waals surface area contributed by atoms with E-state index in [-0.39, 0.29) is 19.8 Å². The highest BCUT2D eigenvalue weighted by atomic mass is 19.3. The molecule has 12 heavy (non-hydrogen) atoms. The van der Waals surface area contributed by atoms with E-state index < -0.39 is 18.8 Å². The van der Waals surface area contributed by atoms with Gasteiger partial charge in [0, 0.05) is 6.54 Å². The Hall–Kier alpha value is -0.270. The summed E-state index contributed by atoms with van der Waals surface area (Å²) in [6.45, 7) is -0.698. The summed E-state index contributed by atoms with van der Waals surface area (Å²) in [4.78, 5) is 3.34. The summed E-state index contributed by atoms with van der Waals surface area (Å²) in [6.07, 6.45) is -1.54. The lowest BCUT2D eigenvalue weighted by Gasteiger charge is -2.15. The van der Waals surface area contributed by atoms with Crippen molar-refractivity contribution in [1.82, 2.24) is 0 Å². The molecule has 0 aliphatic carbocycles. The van der Waals surface area contributed by atoms with Crippen LogP contribution in [0.3, 0.4) is 0 Å². The van der Waals surface area contributed by atoms with Crippen molar-refractivity contribution >= 4 is 0 Å². The van der Waals surface area contributed by atoms with Crippen molar-refractivity contribution in [1.29, 1.82) is 0 Å². The van der Waals surface area contributed by atoms with E-state index in [1.165, 1.54) is 0 Å². The fraction of sp³-hybridized carbons (Fsp3) is 1.00. The van der Waals surface area contributed by atoms with Crippen LogP contribution in [-0.4, -0.2) is 48.8 Å². The van der Waals surface area contributed by atoms with E-state index in [1.807, 2.05) is 0 Å². The highest BCUT2D eigenvalue weighted by Gasteiger charge is 2.12. The van der Waals surface area contributed by atoms with Gasteiger partial charge in [-0.05, 0) is 4.53 Å². The zero-order valence-electron chi connectivity index (χ0n) is 6.65. The minimum absolute atomic E-state index is 0.130. The van der Waals surface area contributed by atoms with Crippen molar-refractivity contribution in [3.8, 4) is 0 Å². The van der Waals surface area contributed by atoms with Crippen molar-refractivity contribution in [3.05, 3.63) is 0 Å². The van der Waals surface area contributed by atoms with Crippen molar-refractivity contribution in [2.24, 2.45) is 5.73 Å². The molecule has 0 aromatic carbocycles. The topological polar surface area (TPSA) is 84.9 Å². The summed E-state index contributed by atoms with van der Waals surface area (Å²) in [5.74, 6) is 0. The molecule has 0 aliphatic rings. The van der Waals surface area contributed by atoms with E-state index in [9.17, 15) is 4.53 Å². The second kappa shape index (κ2) is 7.38. The SMILES string of the molecule is NCC(CO)OCC(CO)OF. The molecule has 6 heteroatoms. The minimum Gasteiger partial charge on any atom is -0.394 e. The molecule has 0 saturated carbocycles. The molecular weight excluding hydrogens is 169 g/mol. The summed E-state index contributed by atoms with van der Waals surface area (Å²) >= 11 is 0. The number of nitrogens with two attached hydrogens (primary N) is 1. The van der Waals surface area contributed by atoms with Gasteiger partial charge in [-0.15, -0.1) is 0 Å². The first-order valence-electron chi connectivity index (χ1n) is 3.59. The largest absolute Gasteiger partial charge is 0.394 e. The number of halogens is 1. The summed E-state index contributed by atoms with van der Waals surface area (Å²) < 4.78 is 16.4. The fourth-order valence-corrected chi connectivity index (χ4v) is 0.545. The van der Waals surface area contributed by atoms with Gasteiger partial charge in [-0.1, -0.05) is 0 Å². The van der Waals surface area contributed by atoms with Crippen LogP contribution in [0.25, 0.3) is 0 Å². The van der Waals surface area contributed by atoms with E-state index in [0.29, 0.717) is 0 Å². The lowest BCUT2D eigenvalue weighted by molar-refractivity contribution is -0.210. The Labute approximate surface area is 69.8 Å². The number of aliphatic hydroxyl groups excluding tert-OH is 2. The smallest absolute Gasteiger partial charge is 0.144 e. The lowest BCUT2D eigenvalue weighted by atomic mass is 10.3. The zero-order chi connectivity index (χ0) is 9.40. The van der Waals surface area contributed by atoms with E-state index in [4.69, 9.17) is 20.7 Å². The van der Waals surface area contributed by atoms with Gasteiger partial charge in [-0.3, -0.25) is 0 Å². The van der Waals surface area contributed by atoms with Crippen LogP contribution < -0.4 is 5.73 Å². The molecule has 0 spiro atoms. The van der Waals surface area contributed by atoms with Gasteiger partial charge in [0.05, 0.1) is 25.9 Å². The third-order valence-corrected chi connectivity index (χ3v) is 1.31. The van der Waals surface area contributed by atoms with Gasteiger partial charge in [0.2, 0.25) is 0 Å². The minimum atomic E-state index is -1.01. The molecule has 0 fully saturated rings. The molecule has 5 nitrogen and oxygen atoms in total. The highest BCUT2D eigenvalue weighted by molar-refractivity contribution is 4.58. The van der Waals surface area contributed by atoms with Gasteiger partial charge in [-0.2, -0.15) is 4.94 Å². The molecule has 0 amide bonds. The van der Waals surface area contributed by atoms with E-state index in [2.05, 4.69) is 4.94 Å². The Morgan fingerprint density at radius 3 is 2.17 bits per heavy atom. The molecule has 0 saturated heterocycles. The van der Waals surface area contributed by atoms with Crippen LogP contribution >= 0.6 is 0 Å². The molecule has 0 heterocycles. The third-order valence-electron chi connectivity index (χ3n) is 1.31. The third kappa shape index (κ3) is 4.58. The van der Waals surface area contributed by atoms with E-state index in [1.54, 1.807) is 0 Å². The molecule has 0 bridgehead atoms. The van der Waals surface area contributed by atoms with Crippen LogP contribution in [0.15, 0.2) is 0 Å². The van der Waals surface area contributed by atoms with Crippen molar-refractivity contribution in [3.63, 3.8) is 0 Å². The predicted octanol–water partition coefficient (Wildman–Crippen LogP) is -1.42. The van der Waals surface area contributed by atoms with Gasteiger partial charge in [0.25, 0.3) is 0 Å². The maximum Gasteiger partial charge on any atom is 0.144 e. The van der Waals surface area contributed by atoms with Crippen molar-refractivity contribution in [2.45, 2.75) is 12.2 Å². The summed E-state index contributed by atoms with van der Waals surface area (Å²) in [5, 5.41) is 17.0. The molecule has 2 atom stereocenters. The van der Waals surface area contributed by atoms with Crippen molar-refractivity contribution < 1.29 is 24.4 Å². The maximum absolute atomic E-state index is 11.5. The molecule has 0 aromatic heterocycles. The molecule has 0 radical (unpaired) electrons. The number of hydrogen-bond acceptors (Lipinski definition) is 5. The van der Waals surface area contributed by atoms with E-state index >= 15 is 0 Å². The van der Waals surface area contributed by atoms with Crippen LogP contribution in [0.2, 0.25) is 0 Å². The van der Waals surface area contributed by atoms with Crippen LogP contribution in [0.1, 0.15) is 0 Å². The first kappa shape index (κ1) is 11.7. The highest BCUT2D eigenvalue weighted by Crippen LogP contribution is 1.96. The summed E-state index contributed by atoms with van der Waals surface area (Å²) in [7, 11) is 0. The maximum atomic E-state index is 11.5. The standard InChI is InChI=1S/C6H14FNO4/c7-12-6(3-10)4-11-5(1-8)2-9/h5-6,9-10H,1-4,8H2. The Morgan fingerprint density at radius 1 is 1.25 bits per heavy atom. The Kier molecular flexibility index (Phi) is 7.22. The average Bonchev–Trinajstić information content (AvgIpc) is 2.13. The second-order valence-electron chi connectivity index (χ2n) is 2.27. The molecule has 0 aromatic rings. The van der Waals surface area contributed by atoms with Gasteiger partial charge in [-0.25, -0.2) is 0 Å². The normalized spacial score (nSPS) is 16.0. The quantitative estimate of drug-likeness (QED) is 0.451. The average molecular weight is 183 g/mol. The molecule has 2 unspecified atom stereocenters. The summed E-state index contributed by atoms with van der Waals surface area (Å²) in [6, 6.07) is 0. The number of hydrogen-bond donors (Lipinski definition) is 3. The van der Waals surface area contributed by atoms with Crippen molar-refractivity contribution in [2.75, 3.05) is 26.4 Å². The van der Waals surface area contributed by atoms with Gasteiger partial charge in [0.1, 0.15) is 6.10 Å². The van der Waals surface area contributed by atoms with Crippen LogP contribution in [-0.2, 0) is 9.68 Å². The monoisotopic (exact) mass is 183 g/mol. The molecule has 0 rings (SSSR count). The van der Waals surface area contributed by atoms with Crippen LogP contribution in [0, 0.1) is 0 Å². The second-order valence-corrected chi connectivity index (χ2v) is 2.27. The Bertz CT molecular complexity index is 85.5. The van der Waals surface area contributed by atoms with Crippen LogP contribution in [0.5, 0.6) is 0 Å². The van der Waals surface area contributed by atoms with Crippen LogP contribution in [0.4, 0.5) is 4.53 Å². The first-order chi connectivity index (χ1) is 5.78. The molecular formula is C6H14FNO4. The summed E-state index contributed by atoms with van der Waals surface area (Å²) in [5.41, 5.74) is 5.17. The zero-order valence-corrected chi connectivity index (χ0v) is 6.65. The number of rotatable bonds is 7. The fourth-order valence-electron chi connectivity index (χ4n) is 0.545. The Balaban J connectivity index is 3.49. The predicted molar refractivity (Wildman–Crippen MR) is 38.9 cm³/mol. The van der Waals surface area contributed by atoms with Gasteiger partial charge in [0.15, 0.2) is 0 Å². The lowest BCUT2D eigenvalue weighted by Crippen LogP contribution is -2.32. The molecule has 4 N–H and O–H groups in total. The Morgan fingerprint density at radius 2 is 1.83 bits per heavy atom. The van der Waals surface area contributed by atoms with E-state index in [0.717, 1.165) is 0 Å². The number of aliphatic hydroxyl groups is 2. The first-order valence-corrected chi connectivity index (χ1v) is 3.59. The number of ether oxygens (including phenoxy) is 1.